The number of amides is 1. The Bertz CT molecular complexity index is 2140. The zero-order chi connectivity index (χ0) is 36.6. The molecule has 0 fully saturated rings. The van der Waals surface area contributed by atoms with Crippen LogP contribution in [0.3, 0.4) is 0 Å². The van der Waals surface area contributed by atoms with Gasteiger partial charge in [-0.1, -0.05) is 26.5 Å². The van der Waals surface area contributed by atoms with Crippen LogP contribution in [0.5, 0.6) is 0 Å². The first-order valence-corrected chi connectivity index (χ1v) is 16.4. The molecule has 0 aromatic carbocycles. The Morgan fingerprint density at radius 1 is 1.00 bits per heavy atom. The van der Waals surface area contributed by atoms with Crippen LogP contribution in [0.4, 0.5) is 0 Å². The van der Waals surface area contributed by atoms with Gasteiger partial charge in [0, 0.05) is 57.1 Å². The van der Waals surface area contributed by atoms with Crippen LogP contribution in [-0.2, 0) is 36.8 Å². The molecule has 3 aromatic heterocycles. The number of hydrogen-bond acceptors (Lipinski definition) is 8. The number of esters is 1. The highest BCUT2D eigenvalue weighted by Crippen LogP contribution is 2.43. The van der Waals surface area contributed by atoms with Gasteiger partial charge in [-0.3, -0.25) is 19.4 Å². The number of carbonyl (C=O) groups is 4. The van der Waals surface area contributed by atoms with Gasteiger partial charge in [-0.25, -0.2) is 9.78 Å². The molecule has 0 aliphatic carbocycles. The molecule has 0 saturated carbocycles. The van der Waals surface area contributed by atoms with Gasteiger partial charge in [0.2, 0.25) is 5.91 Å². The van der Waals surface area contributed by atoms with Crippen LogP contribution in [0.15, 0.2) is 24.8 Å². The summed E-state index contributed by atoms with van der Waals surface area (Å²) in [5, 5.41) is 20.6. The number of fused-ring (bicyclic) bond motifs is 8. The van der Waals surface area contributed by atoms with Crippen molar-refractivity contribution in [2.45, 2.75) is 78.2 Å². The first kappa shape index (κ1) is 35.7. The van der Waals surface area contributed by atoms with E-state index in [-0.39, 0.29) is 42.2 Å². The monoisotopic (exact) mass is 682 g/mol. The lowest BCUT2D eigenvalue weighted by molar-refractivity contribution is -0.145. The number of aromatic amines is 2. The number of aryl methyl sites for hydroxylation is 3. The average molecular weight is 683 g/mol. The standard InChI is InChI=1S/C37H42N6O7/c1-7-20-16(3)25-12-27-18(5)22(9-10-32(46)50-15-24(38)36(39)47)34(42-27)23(11-31(44)45)35-33(37(48)49)19(6)28(43-35)14-30-21(8-2)17(4)26(41-30)13-29(20)40-25/h7,12-14,18,22,24,40-41H,1,8-11,15,38H2,2-6H3,(H2,39,47)(H,44,45)(H,48,49)/t18-,22-,24-/m0/s1. The summed E-state index contributed by atoms with van der Waals surface area (Å²) in [6.07, 6.45) is 1.99. The van der Waals surface area contributed by atoms with Crippen LogP contribution in [0.25, 0.3) is 39.3 Å². The van der Waals surface area contributed by atoms with E-state index >= 15 is 0 Å². The van der Waals surface area contributed by atoms with Crippen molar-refractivity contribution in [1.29, 1.82) is 0 Å². The summed E-state index contributed by atoms with van der Waals surface area (Å²) in [5.41, 5.74) is 19.7. The minimum absolute atomic E-state index is 0.0170. The van der Waals surface area contributed by atoms with Gasteiger partial charge < -0.3 is 36.4 Å². The molecule has 13 heteroatoms. The second-order valence-electron chi connectivity index (χ2n) is 12.8. The maximum Gasteiger partial charge on any atom is 0.338 e. The number of carboxylic acid groups (broad SMARTS) is 2. The maximum absolute atomic E-state index is 12.8. The summed E-state index contributed by atoms with van der Waals surface area (Å²) in [6.45, 7) is 13.3. The van der Waals surface area contributed by atoms with Crippen LogP contribution >= 0.6 is 0 Å². The Balaban J connectivity index is 1.86. The number of primary amides is 1. The number of nitrogens with zero attached hydrogens (tertiary/aromatic N) is 2. The number of aliphatic carboxylic acids is 2. The van der Waals surface area contributed by atoms with Gasteiger partial charge in [0.15, 0.2) is 0 Å². The Hall–Kier alpha value is -5.56. The summed E-state index contributed by atoms with van der Waals surface area (Å²) < 4.78 is 5.19. The Morgan fingerprint density at radius 2 is 1.68 bits per heavy atom. The van der Waals surface area contributed by atoms with Crippen LogP contribution in [-0.4, -0.2) is 66.6 Å². The van der Waals surface area contributed by atoms with E-state index in [9.17, 15) is 29.4 Å². The molecule has 13 nitrogen and oxygen atoms in total. The number of hydrogen-bond donors (Lipinski definition) is 6. The van der Waals surface area contributed by atoms with Gasteiger partial charge in [0.05, 0.1) is 29.1 Å². The highest BCUT2D eigenvalue weighted by Gasteiger charge is 2.35. The highest BCUT2D eigenvalue weighted by atomic mass is 16.5. The normalized spacial score (nSPS) is 16.3. The number of ether oxygens (including phenoxy) is 1. The lowest BCUT2D eigenvalue weighted by atomic mass is 9.84. The van der Waals surface area contributed by atoms with E-state index in [1.165, 1.54) is 0 Å². The van der Waals surface area contributed by atoms with Crippen LogP contribution < -0.4 is 11.5 Å². The molecule has 50 heavy (non-hydrogen) atoms. The number of aromatic nitrogens is 4. The van der Waals surface area contributed by atoms with Gasteiger partial charge in [-0.15, -0.1) is 0 Å². The van der Waals surface area contributed by atoms with Gasteiger partial charge in [-0.2, -0.15) is 0 Å². The molecule has 0 spiro atoms. The molecule has 3 aromatic rings. The highest BCUT2D eigenvalue weighted by molar-refractivity contribution is 6.24. The molecule has 8 N–H and O–H groups in total. The summed E-state index contributed by atoms with van der Waals surface area (Å²) in [7, 11) is 0. The van der Waals surface area contributed by atoms with Crippen LogP contribution in [0.1, 0.15) is 96.0 Å². The Morgan fingerprint density at radius 3 is 2.30 bits per heavy atom. The van der Waals surface area contributed by atoms with E-state index in [1.807, 2.05) is 39.8 Å². The van der Waals surface area contributed by atoms with Crippen molar-refractivity contribution in [3.8, 4) is 0 Å². The van der Waals surface area contributed by atoms with Crippen molar-refractivity contribution < 1.29 is 34.1 Å². The third kappa shape index (κ3) is 6.68. The molecule has 2 aliphatic heterocycles. The molecule has 5 heterocycles. The molecule has 3 atom stereocenters. The van der Waals surface area contributed by atoms with Crippen molar-refractivity contribution in [3.05, 3.63) is 75.4 Å². The molecule has 0 unspecified atom stereocenters. The SMILES string of the molecule is C=Cc1c(C)c2cc3nc(c(CC(=O)O)c4nc(cc5[nH]c(cc1[nH]2)c(C)c5CC)C(C)=C4C(=O)O)[C@@H](CCC(=O)OC[C@H](N)C(N)=O)[C@@H]3C. The zero-order valence-corrected chi connectivity index (χ0v) is 28.8. The fourth-order valence-electron chi connectivity index (χ4n) is 6.86. The number of rotatable bonds is 11. The quantitative estimate of drug-likeness (QED) is 0.151. The number of carbonyl (C=O) groups excluding carboxylic acids is 2. The van der Waals surface area contributed by atoms with Gasteiger partial charge in [0.1, 0.15) is 12.6 Å². The fraction of sp³-hybridized carbons (Fsp3) is 0.351. The van der Waals surface area contributed by atoms with Crippen molar-refractivity contribution in [1.82, 2.24) is 19.9 Å². The van der Waals surface area contributed by atoms with E-state index in [0.29, 0.717) is 29.1 Å². The van der Waals surface area contributed by atoms with E-state index < -0.39 is 42.2 Å². The van der Waals surface area contributed by atoms with Crippen molar-refractivity contribution >= 4 is 63.1 Å². The van der Waals surface area contributed by atoms with E-state index in [1.54, 1.807) is 19.1 Å². The lowest BCUT2D eigenvalue weighted by Crippen LogP contribution is -2.40. The molecular weight excluding hydrogens is 640 g/mol. The smallest absolute Gasteiger partial charge is 0.338 e. The Kier molecular flexibility index (Phi) is 10.1. The summed E-state index contributed by atoms with van der Waals surface area (Å²) in [4.78, 5) is 66.1. The minimum atomic E-state index is -1.25. The maximum atomic E-state index is 12.8. The predicted molar refractivity (Wildman–Crippen MR) is 190 cm³/mol. The topological polar surface area (TPSA) is 227 Å². The summed E-state index contributed by atoms with van der Waals surface area (Å²) >= 11 is 0. The predicted octanol–water partition coefficient (Wildman–Crippen LogP) is 4.80. The van der Waals surface area contributed by atoms with Crippen molar-refractivity contribution in [3.63, 3.8) is 0 Å². The molecule has 5 rings (SSSR count). The minimum Gasteiger partial charge on any atom is -0.481 e. The molecule has 0 radical (unpaired) electrons. The molecule has 0 saturated heterocycles. The van der Waals surface area contributed by atoms with Crippen LogP contribution in [0, 0.1) is 13.8 Å². The Labute approximate surface area is 288 Å². The van der Waals surface area contributed by atoms with Gasteiger partial charge >= 0.3 is 17.9 Å². The number of allylic oxidation sites excluding steroid dienone is 1. The largest absolute Gasteiger partial charge is 0.481 e. The molecular formula is C37H42N6O7. The average Bonchev–Trinajstić information content (AvgIpc) is 3.74. The fourth-order valence-corrected chi connectivity index (χ4v) is 6.86. The van der Waals surface area contributed by atoms with Gasteiger partial charge in [0.25, 0.3) is 0 Å². The summed E-state index contributed by atoms with van der Waals surface area (Å²) in [5.74, 6) is -4.74. The van der Waals surface area contributed by atoms with E-state index in [0.717, 1.165) is 44.3 Å². The molecule has 8 bridgehead atoms. The first-order chi connectivity index (χ1) is 23.7. The third-order valence-electron chi connectivity index (χ3n) is 9.72. The molecule has 262 valence electrons. The zero-order valence-electron chi connectivity index (χ0n) is 28.8. The first-order valence-electron chi connectivity index (χ1n) is 16.4. The molecule has 1 amide bonds. The number of H-pyrrole nitrogens is 2. The molecule has 2 aliphatic rings. The number of nitrogens with two attached hydrogens (primary N) is 2. The number of carboxylic acids is 2. The second kappa shape index (κ2) is 14.1. The number of nitrogens with one attached hydrogen (secondary N) is 2. The van der Waals surface area contributed by atoms with E-state index in [4.69, 9.17) is 26.2 Å². The van der Waals surface area contributed by atoms with Crippen LogP contribution in [0.2, 0.25) is 0 Å². The van der Waals surface area contributed by atoms with E-state index in [2.05, 4.69) is 16.5 Å². The lowest BCUT2D eigenvalue weighted by Gasteiger charge is -2.18. The van der Waals surface area contributed by atoms with Crippen molar-refractivity contribution in [2.75, 3.05) is 6.61 Å². The van der Waals surface area contributed by atoms with Crippen molar-refractivity contribution in [2.24, 2.45) is 11.5 Å². The second-order valence-corrected chi connectivity index (χ2v) is 12.8. The van der Waals surface area contributed by atoms with Gasteiger partial charge in [-0.05, 0) is 74.1 Å². The summed E-state index contributed by atoms with van der Waals surface area (Å²) in [6, 6.07) is 4.56. The third-order valence-corrected chi connectivity index (χ3v) is 9.72.